The van der Waals surface area contributed by atoms with Gasteiger partial charge in [-0.15, -0.1) is 11.3 Å². The molecule has 166 valence electrons. The Hall–Kier alpha value is -3.99. The van der Waals surface area contributed by atoms with Crippen molar-refractivity contribution in [2.75, 3.05) is 11.1 Å². The maximum atomic E-state index is 13.6. The summed E-state index contributed by atoms with van der Waals surface area (Å²) in [6, 6.07) is 18.8. The number of rotatable bonds is 3. The van der Waals surface area contributed by atoms with Gasteiger partial charge in [0.1, 0.15) is 16.5 Å². The van der Waals surface area contributed by atoms with Crippen LogP contribution in [-0.2, 0) is 0 Å². The molecule has 5 rings (SSSR count). The highest BCUT2D eigenvalue weighted by Crippen LogP contribution is 2.44. The molecule has 5 aromatic rings. The summed E-state index contributed by atoms with van der Waals surface area (Å²) >= 11 is 8.11. The Morgan fingerprint density at radius 1 is 1.15 bits per heavy atom. The van der Waals surface area contributed by atoms with E-state index in [1.165, 1.54) is 11.3 Å². The molecular weight excluding hydrogens is 466 g/mol. The van der Waals surface area contributed by atoms with Gasteiger partial charge in [-0.3, -0.25) is 10.5 Å². The number of halogens is 1. The quantitative estimate of drug-likeness (QED) is 0.332. The first-order chi connectivity index (χ1) is 16.4. The lowest BCUT2D eigenvalue weighted by Gasteiger charge is -2.15. The van der Waals surface area contributed by atoms with E-state index >= 15 is 0 Å². The van der Waals surface area contributed by atoms with Crippen LogP contribution in [0.25, 0.3) is 31.6 Å². The molecule has 0 aliphatic heterocycles. The second-order valence-electron chi connectivity index (χ2n) is 7.88. The van der Waals surface area contributed by atoms with Gasteiger partial charge in [0.05, 0.1) is 21.3 Å². The van der Waals surface area contributed by atoms with Crippen molar-refractivity contribution in [3.8, 4) is 17.2 Å². The number of aryl methyl sites for hydroxylation is 2. The summed E-state index contributed by atoms with van der Waals surface area (Å²) in [4.78, 5) is 22.3. The molecule has 0 radical (unpaired) electrons. The van der Waals surface area contributed by atoms with Crippen LogP contribution in [0.3, 0.4) is 0 Å². The first kappa shape index (κ1) is 21.8. The lowest BCUT2D eigenvalue weighted by atomic mass is 9.94. The summed E-state index contributed by atoms with van der Waals surface area (Å²) < 4.78 is 0.863. The predicted molar refractivity (Wildman–Crippen MR) is 137 cm³/mol. The number of nitrogen functional groups attached to an aromatic ring is 1. The molecule has 0 spiro atoms. The Kier molecular flexibility index (Phi) is 5.40. The molecule has 0 bridgehead atoms. The number of nitrogens with zero attached hydrogens (tertiary/aromatic N) is 2. The van der Waals surface area contributed by atoms with E-state index in [9.17, 15) is 10.1 Å². The number of nitriles is 1. The van der Waals surface area contributed by atoms with Crippen LogP contribution in [0.15, 0.2) is 54.6 Å². The van der Waals surface area contributed by atoms with Crippen LogP contribution < -0.4 is 16.0 Å². The van der Waals surface area contributed by atoms with Crippen LogP contribution in [0.2, 0.25) is 5.02 Å². The number of carbonyl (C=O) groups is 1. The lowest BCUT2D eigenvalue weighted by Crippen LogP contribution is -2.17. The molecule has 3 heterocycles. The highest BCUT2D eigenvalue weighted by Gasteiger charge is 2.28. The molecule has 1 amide bonds. The minimum absolute atomic E-state index is 0.271. The standard InChI is InChI=1S/C26H18ClN5OS/c1-13-17(12-28)24(29)32-22-21-20(16-10-6-7-11-18(16)27)19(14(2)30-26(21)34-23(13)22)25(33)31-15-8-4-3-5-9-15/h3-11H,1-2H3,(H2,29,32)(H,31,33)/p+1. The normalized spacial score (nSPS) is 11.0. The molecule has 0 unspecified atom stereocenters. The number of fused-ring (bicyclic) bond motifs is 3. The average molecular weight is 485 g/mol. The number of aromatic amines is 1. The van der Waals surface area contributed by atoms with E-state index in [2.05, 4.69) is 16.4 Å². The van der Waals surface area contributed by atoms with Crippen LogP contribution in [-0.4, -0.2) is 10.9 Å². The fraction of sp³-hybridized carbons (Fsp3) is 0.0769. The fourth-order valence-corrected chi connectivity index (χ4v) is 5.63. The SMILES string of the molecule is Cc1nc2sc3c(C)c(C#N)c(N)[nH+]c3c2c(-c2ccccc2Cl)c1C(=O)Nc1ccccc1. The van der Waals surface area contributed by atoms with Crippen molar-refractivity contribution in [3.05, 3.63) is 82.0 Å². The number of anilines is 2. The maximum Gasteiger partial charge on any atom is 0.289 e. The Morgan fingerprint density at radius 3 is 2.56 bits per heavy atom. The predicted octanol–water partition coefficient (Wildman–Crippen LogP) is 5.91. The van der Waals surface area contributed by atoms with Gasteiger partial charge in [0, 0.05) is 21.8 Å². The molecule has 0 atom stereocenters. The molecule has 34 heavy (non-hydrogen) atoms. The van der Waals surface area contributed by atoms with Crippen molar-refractivity contribution in [2.45, 2.75) is 13.8 Å². The Labute approximate surface area is 204 Å². The van der Waals surface area contributed by atoms with Crippen LogP contribution in [0.1, 0.15) is 27.2 Å². The van der Waals surface area contributed by atoms with Crippen LogP contribution >= 0.6 is 22.9 Å². The highest BCUT2D eigenvalue weighted by atomic mass is 35.5. The van der Waals surface area contributed by atoms with Crippen LogP contribution in [0.4, 0.5) is 11.5 Å². The zero-order chi connectivity index (χ0) is 24.0. The average Bonchev–Trinajstić information content (AvgIpc) is 3.17. The number of nitrogens with two attached hydrogens (primary N) is 1. The number of thiophene rings is 1. The van der Waals surface area contributed by atoms with E-state index in [0.717, 1.165) is 26.0 Å². The van der Waals surface area contributed by atoms with Crippen molar-refractivity contribution in [1.29, 1.82) is 5.26 Å². The number of pyridine rings is 2. The molecule has 3 aromatic heterocycles. The minimum Gasteiger partial charge on any atom is -0.322 e. The van der Waals surface area contributed by atoms with E-state index in [-0.39, 0.29) is 11.7 Å². The first-order valence-corrected chi connectivity index (χ1v) is 11.7. The number of H-pyrrole nitrogens is 1. The van der Waals surface area contributed by atoms with Gasteiger partial charge in [-0.2, -0.15) is 5.26 Å². The summed E-state index contributed by atoms with van der Waals surface area (Å²) in [6.45, 7) is 3.68. The van der Waals surface area contributed by atoms with Gasteiger partial charge in [0.15, 0.2) is 5.52 Å². The minimum atomic E-state index is -0.286. The third-order valence-electron chi connectivity index (χ3n) is 5.78. The van der Waals surface area contributed by atoms with Crippen molar-refractivity contribution < 1.29 is 9.78 Å². The van der Waals surface area contributed by atoms with Gasteiger partial charge in [0.25, 0.3) is 11.7 Å². The Bertz CT molecular complexity index is 1650. The van der Waals surface area contributed by atoms with Crippen molar-refractivity contribution in [2.24, 2.45) is 0 Å². The summed E-state index contributed by atoms with van der Waals surface area (Å²) in [5.41, 5.74) is 11.2. The second kappa shape index (κ2) is 8.41. The fourth-order valence-electron chi connectivity index (χ4n) is 4.21. The summed E-state index contributed by atoms with van der Waals surface area (Å²) in [6.07, 6.45) is 0. The smallest absolute Gasteiger partial charge is 0.289 e. The van der Waals surface area contributed by atoms with E-state index < -0.39 is 0 Å². The van der Waals surface area contributed by atoms with E-state index in [4.69, 9.17) is 22.3 Å². The first-order valence-electron chi connectivity index (χ1n) is 10.5. The number of hydrogen-bond acceptors (Lipinski definition) is 5. The number of para-hydroxylation sites is 1. The van der Waals surface area contributed by atoms with E-state index in [1.807, 2.05) is 62.4 Å². The number of aromatic nitrogens is 2. The van der Waals surface area contributed by atoms with Crippen molar-refractivity contribution >= 4 is 60.8 Å². The lowest BCUT2D eigenvalue weighted by molar-refractivity contribution is -0.325. The van der Waals surface area contributed by atoms with Gasteiger partial charge >= 0.3 is 0 Å². The second-order valence-corrected chi connectivity index (χ2v) is 9.29. The van der Waals surface area contributed by atoms with Gasteiger partial charge in [-0.1, -0.05) is 48.0 Å². The highest BCUT2D eigenvalue weighted by molar-refractivity contribution is 7.25. The van der Waals surface area contributed by atoms with E-state index in [1.54, 1.807) is 6.07 Å². The maximum absolute atomic E-state index is 13.6. The molecule has 0 saturated heterocycles. The molecule has 8 heteroatoms. The monoisotopic (exact) mass is 484 g/mol. The molecular formula is C26H19ClN5OS+. The Balaban J connectivity index is 1.90. The third kappa shape index (κ3) is 3.45. The molecule has 6 nitrogen and oxygen atoms in total. The van der Waals surface area contributed by atoms with Gasteiger partial charge in [-0.05, 0) is 37.6 Å². The molecule has 0 aliphatic carbocycles. The number of nitrogens with one attached hydrogen (secondary N) is 2. The van der Waals surface area contributed by atoms with Gasteiger partial charge < -0.3 is 5.32 Å². The number of amides is 1. The van der Waals surface area contributed by atoms with Crippen molar-refractivity contribution in [3.63, 3.8) is 0 Å². The third-order valence-corrected chi connectivity index (χ3v) is 7.31. The largest absolute Gasteiger partial charge is 0.322 e. The molecule has 2 aromatic carbocycles. The summed E-state index contributed by atoms with van der Waals surface area (Å²) in [5, 5.41) is 13.8. The zero-order valence-electron chi connectivity index (χ0n) is 18.4. The topological polar surface area (TPSA) is 106 Å². The molecule has 4 N–H and O–H groups in total. The number of hydrogen-bond donors (Lipinski definition) is 2. The van der Waals surface area contributed by atoms with Gasteiger partial charge in [0.2, 0.25) is 0 Å². The summed E-state index contributed by atoms with van der Waals surface area (Å²) in [5.74, 6) is -0.0149. The Morgan fingerprint density at radius 2 is 1.85 bits per heavy atom. The molecule has 0 aliphatic rings. The molecule has 0 fully saturated rings. The van der Waals surface area contributed by atoms with Crippen LogP contribution in [0, 0.1) is 25.2 Å². The van der Waals surface area contributed by atoms with E-state index in [0.29, 0.717) is 38.7 Å². The van der Waals surface area contributed by atoms with Crippen molar-refractivity contribution in [1.82, 2.24) is 4.98 Å². The van der Waals surface area contributed by atoms with Gasteiger partial charge in [-0.25, -0.2) is 9.97 Å². The summed E-state index contributed by atoms with van der Waals surface area (Å²) in [7, 11) is 0. The zero-order valence-corrected chi connectivity index (χ0v) is 19.9. The molecule has 0 saturated carbocycles. The number of carbonyl (C=O) groups excluding carboxylic acids is 1. The van der Waals surface area contributed by atoms with Crippen LogP contribution in [0.5, 0.6) is 0 Å². The number of benzene rings is 2.